The van der Waals surface area contributed by atoms with Crippen LogP contribution in [-0.4, -0.2) is 51.4 Å². The van der Waals surface area contributed by atoms with Crippen molar-refractivity contribution in [2.45, 2.75) is 45.2 Å². The van der Waals surface area contributed by atoms with Crippen molar-refractivity contribution in [2.24, 2.45) is 5.92 Å². The summed E-state index contributed by atoms with van der Waals surface area (Å²) in [6.07, 6.45) is 0. The lowest BCUT2D eigenvalue weighted by Crippen LogP contribution is -2.51. The molecular weight excluding hydrogens is 533 g/mol. The van der Waals surface area contributed by atoms with Crippen LogP contribution in [0.1, 0.15) is 31.9 Å². The zero-order chi connectivity index (χ0) is 29.4. The SMILES string of the molecule is COc1ccc(N(CC(=O)N(Cc2ccccc2F)C(C)C(=O)NCC(C)C)S(=O)(=O)c2ccc(C)cc2)cc1. The highest BCUT2D eigenvalue weighted by Crippen LogP contribution is 2.27. The van der Waals surface area contributed by atoms with Crippen LogP contribution >= 0.6 is 0 Å². The topological polar surface area (TPSA) is 96.0 Å². The van der Waals surface area contributed by atoms with E-state index in [0.29, 0.717) is 12.3 Å². The highest BCUT2D eigenvalue weighted by atomic mass is 32.2. The number of nitrogens with one attached hydrogen (secondary N) is 1. The number of hydrogen-bond acceptors (Lipinski definition) is 5. The summed E-state index contributed by atoms with van der Waals surface area (Å²) in [6, 6.07) is 17.5. The van der Waals surface area contributed by atoms with Crippen LogP contribution in [-0.2, 0) is 26.2 Å². The first-order chi connectivity index (χ1) is 18.9. The molecule has 0 radical (unpaired) electrons. The molecule has 0 saturated heterocycles. The number of ether oxygens (including phenoxy) is 1. The van der Waals surface area contributed by atoms with Gasteiger partial charge in [-0.1, -0.05) is 49.7 Å². The zero-order valence-corrected chi connectivity index (χ0v) is 24.2. The van der Waals surface area contributed by atoms with Gasteiger partial charge in [-0.15, -0.1) is 0 Å². The molecule has 0 saturated carbocycles. The van der Waals surface area contributed by atoms with Crippen molar-refractivity contribution in [3.63, 3.8) is 0 Å². The van der Waals surface area contributed by atoms with Gasteiger partial charge in [-0.25, -0.2) is 12.8 Å². The minimum Gasteiger partial charge on any atom is -0.497 e. The second-order valence-corrected chi connectivity index (χ2v) is 11.8. The molecule has 3 aromatic rings. The largest absolute Gasteiger partial charge is 0.497 e. The van der Waals surface area contributed by atoms with Gasteiger partial charge in [0.15, 0.2) is 0 Å². The normalized spacial score (nSPS) is 12.1. The van der Waals surface area contributed by atoms with Crippen molar-refractivity contribution in [1.82, 2.24) is 10.2 Å². The molecule has 0 aliphatic carbocycles. The number of amides is 2. The van der Waals surface area contributed by atoms with E-state index in [9.17, 15) is 22.4 Å². The van der Waals surface area contributed by atoms with Gasteiger partial charge in [0.2, 0.25) is 11.8 Å². The second-order valence-electron chi connectivity index (χ2n) is 9.95. The van der Waals surface area contributed by atoms with Gasteiger partial charge in [-0.05, 0) is 62.2 Å². The van der Waals surface area contributed by atoms with Crippen LogP contribution in [0.25, 0.3) is 0 Å². The molecule has 0 fully saturated rings. The van der Waals surface area contributed by atoms with E-state index in [1.54, 1.807) is 37.3 Å². The summed E-state index contributed by atoms with van der Waals surface area (Å²) in [5.74, 6) is -0.927. The molecule has 1 unspecified atom stereocenters. The lowest BCUT2D eigenvalue weighted by molar-refractivity contribution is -0.139. The van der Waals surface area contributed by atoms with Crippen LogP contribution in [0.3, 0.4) is 0 Å². The molecule has 8 nitrogen and oxygen atoms in total. The first-order valence-corrected chi connectivity index (χ1v) is 14.4. The summed E-state index contributed by atoms with van der Waals surface area (Å²) in [6.45, 7) is 6.83. The molecule has 2 amide bonds. The lowest BCUT2D eigenvalue weighted by atomic mass is 10.1. The van der Waals surface area contributed by atoms with Crippen molar-refractivity contribution in [3.05, 3.63) is 89.7 Å². The van der Waals surface area contributed by atoms with E-state index >= 15 is 0 Å². The maximum atomic E-state index is 14.6. The van der Waals surface area contributed by atoms with Gasteiger partial charge in [0.25, 0.3) is 10.0 Å². The summed E-state index contributed by atoms with van der Waals surface area (Å²) >= 11 is 0. The predicted octanol–water partition coefficient (Wildman–Crippen LogP) is 4.53. The van der Waals surface area contributed by atoms with Gasteiger partial charge in [-0.2, -0.15) is 0 Å². The third-order valence-corrected chi connectivity index (χ3v) is 8.19. The number of hydrogen-bond donors (Lipinski definition) is 1. The maximum Gasteiger partial charge on any atom is 0.264 e. The van der Waals surface area contributed by atoms with E-state index in [1.165, 1.54) is 54.5 Å². The number of carbonyl (C=O) groups is 2. The predicted molar refractivity (Wildman–Crippen MR) is 153 cm³/mol. The Labute approximate surface area is 235 Å². The van der Waals surface area contributed by atoms with Crippen LogP contribution in [0.2, 0.25) is 0 Å². The Balaban J connectivity index is 2.02. The number of sulfonamides is 1. The van der Waals surface area contributed by atoms with E-state index in [1.807, 2.05) is 20.8 Å². The summed E-state index contributed by atoms with van der Waals surface area (Å²) in [7, 11) is -2.71. The molecule has 40 heavy (non-hydrogen) atoms. The third kappa shape index (κ3) is 7.59. The number of methoxy groups -OCH3 is 1. The summed E-state index contributed by atoms with van der Waals surface area (Å²) < 4.78 is 48.5. The van der Waals surface area contributed by atoms with Crippen LogP contribution in [0.15, 0.2) is 77.7 Å². The highest BCUT2D eigenvalue weighted by molar-refractivity contribution is 7.92. The Hall–Kier alpha value is -3.92. The van der Waals surface area contributed by atoms with Gasteiger partial charge in [-0.3, -0.25) is 13.9 Å². The van der Waals surface area contributed by atoms with Crippen LogP contribution in [0.4, 0.5) is 10.1 Å². The van der Waals surface area contributed by atoms with Crippen molar-refractivity contribution in [1.29, 1.82) is 0 Å². The van der Waals surface area contributed by atoms with Gasteiger partial charge in [0, 0.05) is 18.7 Å². The average Bonchev–Trinajstić information content (AvgIpc) is 2.94. The molecule has 0 aliphatic heterocycles. The van der Waals surface area contributed by atoms with Crippen molar-refractivity contribution in [3.8, 4) is 5.75 Å². The minimum absolute atomic E-state index is 0.00472. The molecule has 10 heteroatoms. The van der Waals surface area contributed by atoms with Gasteiger partial charge in [0.05, 0.1) is 17.7 Å². The fraction of sp³-hybridized carbons (Fsp3) is 0.333. The number of rotatable bonds is 12. The molecule has 3 aromatic carbocycles. The van der Waals surface area contributed by atoms with E-state index in [-0.39, 0.29) is 28.6 Å². The Bertz CT molecular complexity index is 1410. The molecule has 1 N–H and O–H groups in total. The van der Waals surface area contributed by atoms with Crippen molar-refractivity contribution < 1.29 is 27.1 Å². The molecule has 0 bridgehead atoms. The number of benzene rings is 3. The monoisotopic (exact) mass is 569 g/mol. The zero-order valence-electron chi connectivity index (χ0n) is 23.4. The van der Waals surface area contributed by atoms with E-state index in [0.717, 1.165) is 9.87 Å². The van der Waals surface area contributed by atoms with Gasteiger partial charge >= 0.3 is 0 Å². The molecule has 3 rings (SSSR count). The first-order valence-electron chi connectivity index (χ1n) is 13.0. The molecular formula is C30H36FN3O5S. The van der Waals surface area contributed by atoms with E-state index < -0.39 is 40.2 Å². The summed E-state index contributed by atoms with van der Waals surface area (Å²) in [5, 5.41) is 2.80. The average molecular weight is 570 g/mol. The number of halogens is 1. The lowest BCUT2D eigenvalue weighted by Gasteiger charge is -2.32. The first kappa shape index (κ1) is 30.6. The molecule has 0 aliphatic rings. The van der Waals surface area contributed by atoms with E-state index in [2.05, 4.69) is 5.32 Å². The van der Waals surface area contributed by atoms with Crippen molar-refractivity contribution in [2.75, 3.05) is 24.5 Å². The molecule has 0 heterocycles. The highest BCUT2D eigenvalue weighted by Gasteiger charge is 2.33. The quantitative estimate of drug-likeness (QED) is 0.346. The fourth-order valence-electron chi connectivity index (χ4n) is 3.96. The van der Waals surface area contributed by atoms with Gasteiger partial charge in [0.1, 0.15) is 24.2 Å². The second kappa shape index (κ2) is 13.4. The minimum atomic E-state index is -4.20. The Morgan fingerprint density at radius 1 is 0.950 bits per heavy atom. The van der Waals surface area contributed by atoms with Crippen LogP contribution < -0.4 is 14.4 Å². The number of nitrogens with zero attached hydrogens (tertiary/aromatic N) is 2. The summed E-state index contributed by atoms with van der Waals surface area (Å²) in [5.41, 5.74) is 1.32. The number of anilines is 1. The Kier molecular flexibility index (Phi) is 10.3. The molecule has 0 aromatic heterocycles. The van der Waals surface area contributed by atoms with Gasteiger partial charge < -0.3 is 15.0 Å². The number of aryl methyl sites for hydroxylation is 1. The fourth-order valence-corrected chi connectivity index (χ4v) is 5.37. The van der Waals surface area contributed by atoms with Crippen LogP contribution in [0, 0.1) is 18.7 Å². The smallest absolute Gasteiger partial charge is 0.264 e. The molecule has 1 atom stereocenters. The van der Waals surface area contributed by atoms with Crippen LogP contribution in [0.5, 0.6) is 5.75 Å². The molecule has 214 valence electrons. The standard InChI is InChI=1S/C30H36FN3O5S/c1-21(2)18-32-30(36)23(4)33(19-24-8-6-7-9-28(24)31)29(35)20-34(25-12-14-26(39-5)15-13-25)40(37,38)27-16-10-22(3)11-17-27/h6-17,21,23H,18-20H2,1-5H3,(H,32,36). The van der Waals surface area contributed by atoms with Crippen molar-refractivity contribution >= 4 is 27.5 Å². The Morgan fingerprint density at radius 3 is 2.15 bits per heavy atom. The Morgan fingerprint density at radius 2 is 1.57 bits per heavy atom. The molecule has 0 spiro atoms. The maximum absolute atomic E-state index is 14.6. The third-order valence-electron chi connectivity index (χ3n) is 6.40. The van der Waals surface area contributed by atoms with E-state index in [4.69, 9.17) is 4.74 Å². The summed E-state index contributed by atoms with van der Waals surface area (Å²) in [4.78, 5) is 28.1. The number of carbonyl (C=O) groups excluding carboxylic acids is 2.